The summed E-state index contributed by atoms with van der Waals surface area (Å²) in [4.78, 5) is 2.47. The second kappa shape index (κ2) is 6.64. The van der Waals surface area contributed by atoms with Gasteiger partial charge >= 0.3 is 0 Å². The van der Waals surface area contributed by atoms with Crippen molar-refractivity contribution in [3.63, 3.8) is 0 Å². The summed E-state index contributed by atoms with van der Waals surface area (Å²) in [5.41, 5.74) is 1.29. The normalized spacial score (nSPS) is 14.2. The van der Waals surface area contributed by atoms with Crippen LogP contribution < -0.4 is 5.32 Å². The third-order valence-corrected chi connectivity index (χ3v) is 4.47. The molecular formula is C16H19F2NOS. The number of halogens is 2. The Labute approximate surface area is 127 Å². The van der Waals surface area contributed by atoms with E-state index in [0.717, 1.165) is 12.1 Å². The standard InChI is InChI=1S/C16H19F2NOS/c1-9-6-14(11(3)21-9)10(2)19-8-16(20)13-5-4-12(17)7-15(13)18/h4-7,10,16,19-20H,8H2,1-3H3. The summed E-state index contributed by atoms with van der Waals surface area (Å²) in [5.74, 6) is -1.37. The lowest BCUT2D eigenvalue weighted by molar-refractivity contribution is 0.166. The number of aliphatic hydroxyl groups is 1. The SMILES string of the molecule is Cc1cc(C(C)NCC(O)c2ccc(F)cc2F)c(C)s1. The number of benzene rings is 1. The molecule has 0 aliphatic rings. The van der Waals surface area contributed by atoms with Gasteiger partial charge in [0.05, 0.1) is 6.10 Å². The van der Waals surface area contributed by atoms with Crippen molar-refractivity contribution in [1.29, 1.82) is 0 Å². The van der Waals surface area contributed by atoms with E-state index in [4.69, 9.17) is 0 Å². The molecule has 21 heavy (non-hydrogen) atoms. The van der Waals surface area contributed by atoms with Crippen molar-refractivity contribution in [3.8, 4) is 0 Å². The zero-order valence-electron chi connectivity index (χ0n) is 12.3. The average Bonchev–Trinajstić information content (AvgIpc) is 2.74. The van der Waals surface area contributed by atoms with E-state index in [1.807, 2.05) is 6.92 Å². The summed E-state index contributed by atoms with van der Waals surface area (Å²) < 4.78 is 26.4. The zero-order chi connectivity index (χ0) is 15.6. The maximum Gasteiger partial charge on any atom is 0.131 e. The van der Waals surface area contributed by atoms with E-state index in [1.165, 1.54) is 21.4 Å². The second-order valence-electron chi connectivity index (χ2n) is 5.18. The van der Waals surface area contributed by atoms with Gasteiger partial charge in [-0.1, -0.05) is 6.07 Å². The van der Waals surface area contributed by atoms with Gasteiger partial charge < -0.3 is 10.4 Å². The average molecular weight is 311 g/mol. The summed E-state index contributed by atoms with van der Waals surface area (Å²) in [6.45, 7) is 6.32. The molecule has 0 spiro atoms. The summed E-state index contributed by atoms with van der Waals surface area (Å²) in [7, 11) is 0. The Balaban J connectivity index is 2.00. The van der Waals surface area contributed by atoms with Crippen LogP contribution in [0.2, 0.25) is 0 Å². The fraction of sp³-hybridized carbons (Fsp3) is 0.375. The number of aliphatic hydroxyl groups excluding tert-OH is 1. The van der Waals surface area contributed by atoms with Gasteiger partial charge in [-0.25, -0.2) is 8.78 Å². The Kier molecular flexibility index (Phi) is 5.08. The summed E-state index contributed by atoms with van der Waals surface area (Å²) in [6, 6.07) is 5.39. The van der Waals surface area contributed by atoms with Gasteiger partial charge in [0.25, 0.3) is 0 Å². The lowest BCUT2D eigenvalue weighted by Crippen LogP contribution is -2.25. The van der Waals surface area contributed by atoms with E-state index >= 15 is 0 Å². The van der Waals surface area contributed by atoms with E-state index in [2.05, 4.69) is 25.2 Å². The van der Waals surface area contributed by atoms with Crippen LogP contribution in [0.4, 0.5) is 8.78 Å². The molecule has 5 heteroatoms. The van der Waals surface area contributed by atoms with Crippen molar-refractivity contribution in [1.82, 2.24) is 5.32 Å². The van der Waals surface area contributed by atoms with Crippen molar-refractivity contribution >= 4 is 11.3 Å². The number of nitrogens with one attached hydrogen (secondary N) is 1. The Morgan fingerprint density at radius 3 is 2.48 bits per heavy atom. The van der Waals surface area contributed by atoms with E-state index in [0.29, 0.717) is 0 Å². The molecule has 0 aliphatic carbocycles. The van der Waals surface area contributed by atoms with Gasteiger partial charge in [-0.15, -0.1) is 11.3 Å². The van der Waals surface area contributed by atoms with Crippen molar-refractivity contribution in [3.05, 3.63) is 56.8 Å². The Morgan fingerprint density at radius 2 is 1.90 bits per heavy atom. The maximum absolute atomic E-state index is 13.6. The highest BCUT2D eigenvalue weighted by atomic mass is 32.1. The van der Waals surface area contributed by atoms with Crippen molar-refractivity contribution in [2.75, 3.05) is 6.54 Å². The van der Waals surface area contributed by atoms with Crippen LogP contribution in [0, 0.1) is 25.5 Å². The summed E-state index contributed by atoms with van der Waals surface area (Å²) >= 11 is 1.73. The number of hydrogen-bond acceptors (Lipinski definition) is 3. The number of rotatable bonds is 5. The van der Waals surface area contributed by atoms with E-state index in [1.54, 1.807) is 11.3 Å². The van der Waals surface area contributed by atoms with E-state index < -0.39 is 17.7 Å². The number of hydrogen-bond donors (Lipinski definition) is 2. The molecule has 2 atom stereocenters. The number of thiophene rings is 1. The molecule has 2 nitrogen and oxygen atoms in total. The first-order chi connectivity index (χ1) is 9.88. The minimum atomic E-state index is -1.01. The molecule has 0 amide bonds. The minimum absolute atomic E-state index is 0.0631. The first kappa shape index (κ1) is 16.1. The molecule has 2 rings (SSSR count). The Morgan fingerprint density at radius 1 is 1.19 bits per heavy atom. The van der Waals surface area contributed by atoms with Crippen LogP contribution in [0.5, 0.6) is 0 Å². The molecular weight excluding hydrogens is 292 g/mol. The first-order valence-electron chi connectivity index (χ1n) is 6.81. The third-order valence-electron chi connectivity index (χ3n) is 3.48. The predicted molar refractivity (Wildman–Crippen MR) is 81.5 cm³/mol. The van der Waals surface area contributed by atoms with Gasteiger partial charge in [-0.2, -0.15) is 0 Å². The highest BCUT2D eigenvalue weighted by molar-refractivity contribution is 7.12. The number of aryl methyl sites for hydroxylation is 2. The van der Waals surface area contributed by atoms with Gasteiger partial charge in [-0.05, 0) is 38.5 Å². The Hall–Kier alpha value is -1.30. The topological polar surface area (TPSA) is 32.3 Å². The molecule has 0 bridgehead atoms. The van der Waals surface area contributed by atoms with Crippen LogP contribution in [0.1, 0.15) is 40.0 Å². The maximum atomic E-state index is 13.6. The van der Waals surface area contributed by atoms with Crippen LogP contribution in [0.25, 0.3) is 0 Å². The molecule has 0 radical (unpaired) electrons. The predicted octanol–water partition coefficient (Wildman–Crippen LogP) is 4.03. The van der Waals surface area contributed by atoms with Gasteiger partial charge in [0.1, 0.15) is 11.6 Å². The Bertz CT molecular complexity index is 627. The van der Waals surface area contributed by atoms with Crippen molar-refractivity contribution in [2.24, 2.45) is 0 Å². The minimum Gasteiger partial charge on any atom is -0.387 e. The van der Waals surface area contributed by atoms with Crippen LogP contribution >= 0.6 is 11.3 Å². The first-order valence-corrected chi connectivity index (χ1v) is 7.63. The molecule has 2 unspecified atom stereocenters. The van der Waals surface area contributed by atoms with Crippen LogP contribution in [0.3, 0.4) is 0 Å². The van der Waals surface area contributed by atoms with E-state index in [-0.39, 0.29) is 18.2 Å². The molecule has 114 valence electrons. The smallest absolute Gasteiger partial charge is 0.131 e. The molecule has 0 saturated heterocycles. The fourth-order valence-corrected chi connectivity index (χ4v) is 3.38. The van der Waals surface area contributed by atoms with Gasteiger partial charge in [-0.3, -0.25) is 0 Å². The van der Waals surface area contributed by atoms with Crippen molar-refractivity contribution in [2.45, 2.75) is 32.9 Å². The summed E-state index contributed by atoms with van der Waals surface area (Å²) in [6.07, 6.45) is -1.01. The molecule has 1 heterocycles. The molecule has 1 aromatic heterocycles. The van der Waals surface area contributed by atoms with Gasteiger partial charge in [0.15, 0.2) is 0 Å². The van der Waals surface area contributed by atoms with Gasteiger partial charge in [0, 0.05) is 34.0 Å². The largest absolute Gasteiger partial charge is 0.387 e. The monoisotopic (exact) mass is 311 g/mol. The van der Waals surface area contributed by atoms with Crippen molar-refractivity contribution < 1.29 is 13.9 Å². The molecule has 0 fully saturated rings. The molecule has 2 N–H and O–H groups in total. The van der Waals surface area contributed by atoms with Crippen LogP contribution in [-0.2, 0) is 0 Å². The van der Waals surface area contributed by atoms with Crippen LogP contribution in [-0.4, -0.2) is 11.7 Å². The highest BCUT2D eigenvalue weighted by Gasteiger charge is 2.16. The molecule has 0 aliphatic heterocycles. The molecule has 1 aromatic carbocycles. The molecule has 2 aromatic rings. The lowest BCUT2D eigenvalue weighted by Gasteiger charge is -2.18. The molecule has 0 saturated carbocycles. The van der Waals surface area contributed by atoms with E-state index in [9.17, 15) is 13.9 Å². The highest BCUT2D eigenvalue weighted by Crippen LogP contribution is 2.26. The quantitative estimate of drug-likeness (QED) is 0.874. The third kappa shape index (κ3) is 3.87. The lowest BCUT2D eigenvalue weighted by atomic mass is 10.1. The fourth-order valence-electron chi connectivity index (χ4n) is 2.36. The van der Waals surface area contributed by atoms with Crippen LogP contribution in [0.15, 0.2) is 24.3 Å². The second-order valence-corrected chi connectivity index (χ2v) is 6.64. The van der Waals surface area contributed by atoms with Gasteiger partial charge in [0.2, 0.25) is 0 Å². The summed E-state index contributed by atoms with van der Waals surface area (Å²) in [5, 5.41) is 13.2. The zero-order valence-corrected chi connectivity index (χ0v) is 13.1.